The first-order chi connectivity index (χ1) is 11.8. The number of halogens is 1. The number of aromatic nitrogens is 4. The Morgan fingerprint density at radius 3 is 2.88 bits per heavy atom. The summed E-state index contributed by atoms with van der Waals surface area (Å²) in [6.07, 6.45) is 1.74. The number of hydrogen-bond acceptors (Lipinski definition) is 6. The molecule has 0 amide bonds. The van der Waals surface area contributed by atoms with Crippen LogP contribution in [0.2, 0.25) is 5.02 Å². The van der Waals surface area contributed by atoms with Crippen molar-refractivity contribution in [3.05, 3.63) is 70.5 Å². The van der Waals surface area contributed by atoms with Gasteiger partial charge in [0.2, 0.25) is 0 Å². The maximum absolute atomic E-state index is 6.50. The molecule has 0 aliphatic carbocycles. The molecule has 2 N–H and O–H groups in total. The smallest absolute Gasteiger partial charge is 0.165 e. The third kappa shape index (κ3) is 2.39. The van der Waals surface area contributed by atoms with E-state index < -0.39 is 0 Å². The van der Waals surface area contributed by atoms with E-state index in [4.69, 9.17) is 27.3 Å². The standard InChI is InChI=1S/C16H13ClN6O/c17-11-5-3-4-10-15(12-6-1-2-7-19-12)20-8-13-21-22-14(9-24-18)23(13)16(10)11/h1-7H,8-9,18H2. The van der Waals surface area contributed by atoms with Gasteiger partial charge in [0.25, 0.3) is 0 Å². The Balaban J connectivity index is 1.98. The van der Waals surface area contributed by atoms with E-state index in [9.17, 15) is 0 Å². The molecule has 0 spiro atoms. The van der Waals surface area contributed by atoms with Crippen LogP contribution in [0.5, 0.6) is 0 Å². The van der Waals surface area contributed by atoms with Gasteiger partial charge in [-0.05, 0) is 18.2 Å². The van der Waals surface area contributed by atoms with Crippen LogP contribution in [0.15, 0.2) is 47.6 Å². The predicted molar refractivity (Wildman–Crippen MR) is 88.9 cm³/mol. The summed E-state index contributed by atoms with van der Waals surface area (Å²) in [7, 11) is 0. The highest BCUT2D eigenvalue weighted by atomic mass is 35.5. The Labute approximate surface area is 142 Å². The number of hydrogen-bond donors (Lipinski definition) is 1. The third-order valence-electron chi connectivity index (χ3n) is 3.76. The van der Waals surface area contributed by atoms with Gasteiger partial charge >= 0.3 is 0 Å². The van der Waals surface area contributed by atoms with Crippen LogP contribution in [0.3, 0.4) is 0 Å². The van der Waals surface area contributed by atoms with E-state index in [-0.39, 0.29) is 6.61 Å². The van der Waals surface area contributed by atoms with Crippen LogP contribution in [0.4, 0.5) is 0 Å². The van der Waals surface area contributed by atoms with Gasteiger partial charge < -0.3 is 0 Å². The summed E-state index contributed by atoms with van der Waals surface area (Å²) in [5.41, 5.74) is 3.15. The van der Waals surface area contributed by atoms with E-state index >= 15 is 0 Å². The lowest BCUT2D eigenvalue weighted by molar-refractivity contribution is 0.117. The van der Waals surface area contributed by atoms with Gasteiger partial charge in [-0.25, -0.2) is 5.90 Å². The zero-order valence-corrected chi connectivity index (χ0v) is 13.3. The maximum Gasteiger partial charge on any atom is 0.165 e. The molecule has 0 saturated heterocycles. The van der Waals surface area contributed by atoms with E-state index in [1.54, 1.807) is 6.20 Å². The molecule has 1 aromatic carbocycles. The lowest BCUT2D eigenvalue weighted by Gasteiger charge is -2.14. The second kappa shape index (κ2) is 6.12. The van der Waals surface area contributed by atoms with Crippen LogP contribution < -0.4 is 5.90 Å². The molecule has 0 radical (unpaired) electrons. The predicted octanol–water partition coefficient (Wildman–Crippen LogP) is 2.06. The summed E-state index contributed by atoms with van der Waals surface area (Å²) >= 11 is 6.50. The van der Waals surface area contributed by atoms with E-state index in [0.29, 0.717) is 23.2 Å². The largest absolute Gasteiger partial charge is 0.296 e. The number of rotatable bonds is 3. The fourth-order valence-corrected chi connectivity index (χ4v) is 3.03. The van der Waals surface area contributed by atoms with Gasteiger partial charge in [0.1, 0.15) is 13.2 Å². The molecule has 7 nitrogen and oxygen atoms in total. The number of nitrogens with two attached hydrogens (primary N) is 1. The van der Waals surface area contributed by atoms with Gasteiger partial charge in [-0.3, -0.25) is 19.4 Å². The van der Waals surface area contributed by atoms with Crippen LogP contribution in [-0.4, -0.2) is 25.5 Å². The molecule has 24 heavy (non-hydrogen) atoms. The summed E-state index contributed by atoms with van der Waals surface area (Å²) in [4.78, 5) is 13.8. The van der Waals surface area contributed by atoms with Gasteiger partial charge in [0, 0.05) is 11.8 Å². The summed E-state index contributed by atoms with van der Waals surface area (Å²) < 4.78 is 1.85. The van der Waals surface area contributed by atoms with Gasteiger partial charge in [0.05, 0.1) is 22.1 Å². The number of para-hydroxylation sites is 1. The molecule has 0 saturated carbocycles. The van der Waals surface area contributed by atoms with Crippen LogP contribution in [-0.2, 0) is 18.0 Å². The van der Waals surface area contributed by atoms with Gasteiger partial charge in [-0.2, -0.15) is 0 Å². The minimum Gasteiger partial charge on any atom is -0.296 e. The summed E-state index contributed by atoms with van der Waals surface area (Å²) in [6, 6.07) is 11.4. The van der Waals surface area contributed by atoms with Crippen molar-refractivity contribution >= 4 is 17.3 Å². The molecule has 4 rings (SSSR count). The molecular formula is C16H13ClN6O. The Bertz CT molecular complexity index is 922. The van der Waals surface area contributed by atoms with Crippen molar-refractivity contribution in [3.8, 4) is 5.69 Å². The van der Waals surface area contributed by atoms with Crippen LogP contribution in [0.1, 0.15) is 22.9 Å². The van der Waals surface area contributed by atoms with Crippen LogP contribution in [0.25, 0.3) is 5.69 Å². The zero-order chi connectivity index (χ0) is 16.5. The SMILES string of the molecule is NOCc1nnc2n1-c1c(Cl)cccc1C(c1ccccn1)=NC2. The third-order valence-corrected chi connectivity index (χ3v) is 4.07. The molecule has 120 valence electrons. The molecule has 8 heteroatoms. The molecule has 3 aromatic rings. The summed E-state index contributed by atoms with van der Waals surface area (Å²) in [6.45, 7) is 0.477. The molecule has 0 fully saturated rings. The van der Waals surface area contributed by atoms with Gasteiger partial charge in [0.15, 0.2) is 11.6 Å². The average molecular weight is 341 g/mol. The maximum atomic E-state index is 6.50. The van der Waals surface area contributed by atoms with Crippen molar-refractivity contribution < 1.29 is 4.84 Å². The number of fused-ring (bicyclic) bond motifs is 3. The quantitative estimate of drug-likeness (QED) is 0.737. The molecule has 3 heterocycles. The average Bonchev–Trinajstić information content (AvgIpc) is 2.91. The van der Waals surface area contributed by atoms with Gasteiger partial charge in [-0.1, -0.05) is 29.8 Å². The van der Waals surface area contributed by atoms with Gasteiger partial charge in [-0.15, -0.1) is 10.2 Å². The van der Waals surface area contributed by atoms with Crippen molar-refractivity contribution in [2.45, 2.75) is 13.2 Å². The minimum atomic E-state index is 0.122. The first-order valence-electron chi connectivity index (χ1n) is 7.29. The van der Waals surface area contributed by atoms with Crippen molar-refractivity contribution in [1.82, 2.24) is 19.7 Å². The Kier molecular flexibility index (Phi) is 3.81. The second-order valence-corrected chi connectivity index (χ2v) is 5.60. The van der Waals surface area contributed by atoms with Crippen molar-refractivity contribution in [2.24, 2.45) is 10.9 Å². The van der Waals surface area contributed by atoms with E-state index in [1.165, 1.54) is 0 Å². The fraction of sp³-hybridized carbons (Fsp3) is 0.125. The van der Waals surface area contributed by atoms with Crippen LogP contribution in [0, 0.1) is 0 Å². The number of nitrogens with zero attached hydrogens (tertiary/aromatic N) is 5. The van der Waals surface area contributed by atoms with Crippen molar-refractivity contribution in [1.29, 1.82) is 0 Å². The molecular weight excluding hydrogens is 328 g/mol. The number of benzene rings is 1. The number of pyridine rings is 1. The lowest BCUT2D eigenvalue weighted by Crippen LogP contribution is -2.12. The lowest BCUT2D eigenvalue weighted by atomic mass is 10.0. The minimum absolute atomic E-state index is 0.122. The zero-order valence-electron chi connectivity index (χ0n) is 12.6. The highest BCUT2D eigenvalue weighted by Gasteiger charge is 2.25. The highest BCUT2D eigenvalue weighted by Crippen LogP contribution is 2.31. The molecule has 0 bridgehead atoms. The van der Waals surface area contributed by atoms with Crippen molar-refractivity contribution in [2.75, 3.05) is 0 Å². The molecule has 0 unspecified atom stereocenters. The Hall–Kier alpha value is -2.61. The summed E-state index contributed by atoms with van der Waals surface area (Å²) in [5.74, 6) is 6.45. The first-order valence-corrected chi connectivity index (χ1v) is 7.67. The highest BCUT2D eigenvalue weighted by molar-refractivity contribution is 6.33. The second-order valence-electron chi connectivity index (χ2n) is 5.19. The monoisotopic (exact) mass is 340 g/mol. The van der Waals surface area contributed by atoms with Crippen molar-refractivity contribution in [3.63, 3.8) is 0 Å². The van der Waals surface area contributed by atoms with Crippen LogP contribution >= 0.6 is 11.6 Å². The fourth-order valence-electron chi connectivity index (χ4n) is 2.77. The Morgan fingerprint density at radius 1 is 1.17 bits per heavy atom. The normalized spacial score (nSPS) is 13.0. The molecule has 0 atom stereocenters. The molecule has 1 aliphatic heterocycles. The van der Waals surface area contributed by atoms with E-state index in [1.807, 2.05) is 41.0 Å². The molecule has 1 aliphatic rings. The molecule has 2 aromatic heterocycles. The number of aliphatic imine (C=N–C) groups is 1. The van der Waals surface area contributed by atoms with E-state index in [0.717, 1.165) is 22.7 Å². The topological polar surface area (TPSA) is 91.2 Å². The first kappa shape index (κ1) is 14.9. The summed E-state index contributed by atoms with van der Waals surface area (Å²) in [5, 5.41) is 8.89. The van der Waals surface area contributed by atoms with E-state index in [2.05, 4.69) is 15.2 Å². The Morgan fingerprint density at radius 2 is 2.08 bits per heavy atom.